The van der Waals surface area contributed by atoms with Crippen molar-refractivity contribution in [2.75, 3.05) is 13.7 Å². The van der Waals surface area contributed by atoms with Gasteiger partial charge in [-0.15, -0.1) is 0 Å². The number of rotatable bonds is 3. The zero-order valence-corrected chi connectivity index (χ0v) is 8.34. The van der Waals surface area contributed by atoms with Gasteiger partial charge in [-0.2, -0.15) is 18.4 Å². The maximum Gasteiger partial charge on any atom is 0.422 e. The number of methoxy groups -OCH3 is 1. The molecular formula is C10H8F3NO2. The van der Waals surface area contributed by atoms with Gasteiger partial charge in [0.05, 0.1) is 12.7 Å². The van der Waals surface area contributed by atoms with Gasteiger partial charge in [-0.1, -0.05) is 6.07 Å². The summed E-state index contributed by atoms with van der Waals surface area (Å²) in [5.41, 5.74) is 0.00333. The summed E-state index contributed by atoms with van der Waals surface area (Å²) in [6.45, 7) is -1.46. The SMILES string of the molecule is COc1cccc(C#N)c1OCC(F)(F)F. The molecule has 0 amide bonds. The lowest BCUT2D eigenvalue weighted by atomic mass is 10.2. The Kier molecular flexibility index (Phi) is 3.61. The highest BCUT2D eigenvalue weighted by Crippen LogP contribution is 2.31. The highest BCUT2D eigenvalue weighted by molar-refractivity contribution is 5.52. The molecule has 0 aliphatic carbocycles. The van der Waals surface area contributed by atoms with Gasteiger partial charge < -0.3 is 9.47 Å². The Morgan fingerprint density at radius 1 is 1.38 bits per heavy atom. The number of nitriles is 1. The van der Waals surface area contributed by atoms with Crippen molar-refractivity contribution in [1.82, 2.24) is 0 Å². The molecule has 0 atom stereocenters. The van der Waals surface area contributed by atoms with E-state index in [4.69, 9.17) is 10.00 Å². The average Bonchev–Trinajstić information content (AvgIpc) is 2.24. The number of para-hydroxylation sites is 1. The van der Waals surface area contributed by atoms with E-state index in [1.807, 2.05) is 0 Å². The lowest BCUT2D eigenvalue weighted by Gasteiger charge is -2.13. The van der Waals surface area contributed by atoms with E-state index in [2.05, 4.69) is 4.74 Å². The fourth-order valence-electron chi connectivity index (χ4n) is 1.07. The van der Waals surface area contributed by atoms with Crippen molar-refractivity contribution in [3.05, 3.63) is 23.8 Å². The summed E-state index contributed by atoms with van der Waals surface area (Å²) in [5, 5.41) is 8.70. The van der Waals surface area contributed by atoms with Gasteiger partial charge in [0.2, 0.25) is 0 Å². The van der Waals surface area contributed by atoms with Crippen LogP contribution in [0.3, 0.4) is 0 Å². The Morgan fingerprint density at radius 3 is 2.56 bits per heavy atom. The van der Waals surface area contributed by atoms with Crippen molar-refractivity contribution < 1.29 is 22.6 Å². The molecule has 0 heterocycles. The molecule has 0 spiro atoms. The van der Waals surface area contributed by atoms with Crippen LogP contribution in [0.15, 0.2) is 18.2 Å². The summed E-state index contributed by atoms with van der Waals surface area (Å²) in [5.74, 6) is -0.0897. The van der Waals surface area contributed by atoms with E-state index < -0.39 is 12.8 Å². The summed E-state index contributed by atoms with van der Waals surface area (Å²) in [4.78, 5) is 0. The molecule has 6 heteroatoms. The monoisotopic (exact) mass is 231 g/mol. The van der Waals surface area contributed by atoms with Crippen LogP contribution in [0.4, 0.5) is 13.2 Å². The fourth-order valence-corrected chi connectivity index (χ4v) is 1.07. The minimum atomic E-state index is -4.45. The largest absolute Gasteiger partial charge is 0.493 e. The number of hydrogen-bond donors (Lipinski definition) is 0. The first kappa shape index (κ1) is 12.2. The first-order valence-corrected chi connectivity index (χ1v) is 4.24. The Morgan fingerprint density at radius 2 is 2.06 bits per heavy atom. The van der Waals surface area contributed by atoms with Gasteiger partial charge in [0.25, 0.3) is 0 Å². The van der Waals surface area contributed by atoms with Crippen LogP contribution in [0.25, 0.3) is 0 Å². The minimum Gasteiger partial charge on any atom is -0.493 e. The standard InChI is InChI=1S/C10H8F3NO2/c1-15-8-4-2-3-7(5-14)9(8)16-6-10(11,12)13/h2-4H,6H2,1H3. The zero-order chi connectivity index (χ0) is 12.2. The van der Waals surface area contributed by atoms with Crippen LogP contribution >= 0.6 is 0 Å². The maximum absolute atomic E-state index is 12.0. The summed E-state index contributed by atoms with van der Waals surface area (Å²) in [7, 11) is 1.29. The number of hydrogen-bond acceptors (Lipinski definition) is 3. The van der Waals surface area contributed by atoms with Gasteiger partial charge in [-0.3, -0.25) is 0 Å². The molecule has 1 rings (SSSR count). The first-order chi connectivity index (χ1) is 7.48. The molecule has 86 valence electrons. The van der Waals surface area contributed by atoms with Gasteiger partial charge in [-0.25, -0.2) is 0 Å². The third-order valence-corrected chi connectivity index (χ3v) is 1.70. The molecule has 0 radical (unpaired) electrons. The molecular weight excluding hydrogens is 223 g/mol. The van der Waals surface area contributed by atoms with E-state index in [1.54, 1.807) is 6.07 Å². The van der Waals surface area contributed by atoms with Crippen molar-refractivity contribution in [3.63, 3.8) is 0 Å². The van der Waals surface area contributed by atoms with E-state index in [1.165, 1.54) is 25.3 Å². The normalized spacial score (nSPS) is 10.7. The van der Waals surface area contributed by atoms with Gasteiger partial charge in [0.1, 0.15) is 6.07 Å². The lowest BCUT2D eigenvalue weighted by Crippen LogP contribution is -2.19. The van der Waals surface area contributed by atoms with Crippen molar-refractivity contribution in [2.24, 2.45) is 0 Å². The van der Waals surface area contributed by atoms with Gasteiger partial charge >= 0.3 is 6.18 Å². The van der Waals surface area contributed by atoms with Gasteiger partial charge in [0, 0.05) is 0 Å². The Labute approximate surface area is 90.0 Å². The summed E-state index contributed by atoms with van der Waals surface area (Å²) in [6.07, 6.45) is -4.45. The molecule has 0 bridgehead atoms. The number of alkyl halides is 3. The number of halogens is 3. The van der Waals surface area contributed by atoms with Crippen molar-refractivity contribution >= 4 is 0 Å². The molecule has 0 N–H and O–H groups in total. The third kappa shape index (κ3) is 3.05. The van der Waals surface area contributed by atoms with Crippen LogP contribution in [0.2, 0.25) is 0 Å². The molecule has 0 aromatic heterocycles. The van der Waals surface area contributed by atoms with Gasteiger partial charge in [0.15, 0.2) is 18.1 Å². The third-order valence-electron chi connectivity index (χ3n) is 1.70. The van der Waals surface area contributed by atoms with Crippen LogP contribution < -0.4 is 9.47 Å². The molecule has 1 aromatic carbocycles. The van der Waals surface area contributed by atoms with E-state index in [-0.39, 0.29) is 17.1 Å². The quantitative estimate of drug-likeness (QED) is 0.802. The fraction of sp³-hybridized carbons (Fsp3) is 0.300. The summed E-state index contributed by atoms with van der Waals surface area (Å²) >= 11 is 0. The Balaban J connectivity index is 2.97. The molecule has 0 aliphatic heterocycles. The second kappa shape index (κ2) is 4.75. The summed E-state index contributed by atoms with van der Waals surface area (Å²) in [6, 6.07) is 6.01. The smallest absolute Gasteiger partial charge is 0.422 e. The molecule has 0 unspecified atom stereocenters. The topological polar surface area (TPSA) is 42.2 Å². The first-order valence-electron chi connectivity index (χ1n) is 4.24. The zero-order valence-electron chi connectivity index (χ0n) is 8.34. The van der Waals surface area contributed by atoms with E-state index in [9.17, 15) is 13.2 Å². The molecule has 3 nitrogen and oxygen atoms in total. The second-order valence-corrected chi connectivity index (χ2v) is 2.85. The molecule has 0 aliphatic rings. The Bertz CT molecular complexity index is 410. The lowest BCUT2D eigenvalue weighted by molar-refractivity contribution is -0.153. The predicted molar refractivity (Wildman–Crippen MR) is 49.3 cm³/mol. The maximum atomic E-state index is 12.0. The highest BCUT2D eigenvalue weighted by Gasteiger charge is 2.29. The number of benzene rings is 1. The number of nitrogens with zero attached hydrogens (tertiary/aromatic N) is 1. The average molecular weight is 231 g/mol. The highest BCUT2D eigenvalue weighted by atomic mass is 19.4. The van der Waals surface area contributed by atoms with Crippen LogP contribution in [-0.2, 0) is 0 Å². The molecule has 16 heavy (non-hydrogen) atoms. The van der Waals surface area contributed by atoms with Crippen LogP contribution in [0.5, 0.6) is 11.5 Å². The van der Waals surface area contributed by atoms with Crippen molar-refractivity contribution in [3.8, 4) is 17.6 Å². The van der Waals surface area contributed by atoms with E-state index in [0.717, 1.165) is 0 Å². The van der Waals surface area contributed by atoms with Crippen LogP contribution in [0, 0.1) is 11.3 Å². The minimum absolute atomic E-state index is 0.00333. The second-order valence-electron chi connectivity index (χ2n) is 2.85. The van der Waals surface area contributed by atoms with E-state index >= 15 is 0 Å². The predicted octanol–water partition coefficient (Wildman–Crippen LogP) is 2.51. The number of ether oxygens (including phenoxy) is 2. The van der Waals surface area contributed by atoms with Crippen molar-refractivity contribution in [1.29, 1.82) is 5.26 Å². The Hall–Kier alpha value is -1.90. The van der Waals surface area contributed by atoms with Crippen LogP contribution in [-0.4, -0.2) is 19.9 Å². The van der Waals surface area contributed by atoms with E-state index in [0.29, 0.717) is 0 Å². The van der Waals surface area contributed by atoms with Crippen molar-refractivity contribution in [2.45, 2.75) is 6.18 Å². The molecule has 1 aromatic rings. The molecule has 0 fully saturated rings. The molecule has 0 saturated carbocycles. The van der Waals surface area contributed by atoms with Crippen LogP contribution in [0.1, 0.15) is 5.56 Å². The molecule has 0 saturated heterocycles. The van der Waals surface area contributed by atoms with Gasteiger partial charge in [-0.05, 0) is 12.1 Å². The summed E-state index contributed by atoms with van der Waals surface area (Å²) < 4.78 is 45.2.